The van der Waals surface area contributed by atoms with E-state index in [9.17, 15) is 15.0 Å². The normalized spacial score (nSPS) is 22.3. The maximum absolute atomic E-state index is 11.2. The lowest BCUT2D eigenvalue weighted by molar-refractivity contribution is -0.138. The Balaban J connectivity index is 2.51. The Labute approximate surface area is 142 Å². The smallest absolute Gasteiger partial charge is 0.321 e. The molecule has 0 unspecified atom stereocenters. The van der Waals surface area contributed by atoms with Gasteiger partial charge in [0, 0.05) is 5.75 Å². The average molecular weight is 337 g/mol. The van der Waals surface area contributed by atoms with Crippen LogP contribution < -0.4 is 5.32 Å². The second-order valence-corrected chi connectivity index (χ2v) is 9.37. The molecule has 0 aromatic heterocycles. The van der Waals surface area contributed by atoms with Gasteiger partial charge in [0.05, 0.1) is 5.37 Å². The van der Waals surface area contributed by atoms with Gasteiger partial charge in [-0.3, -0.25) is 10.1 Å². The third kappa shape index (κ3) is 3.83. The van der Waals surface area contributed by atoms with Gasteiger partial charge in [0.25, 0.3) is 0 Å². The van der Waals surface area contributed by atoms with Gasteiger partial charge in [-0.1, -0.05) is 41.5 Å². The molecule has 1 aromatic rings. The Kier molecular flexibility index (Phi) is 4.75. The molecule has 1 heterocycles. The summed E-state index contributed by atoms with van der Waals surface area (Å²) in [6.45, 7) is 12.5. The molecule has 3 N–H and O–H groups in total. The Morgan fingerprint density at radius 2 is 1.61 bits per heavy atom. The fourth-order valence-electron chi connectivity index (χ4n) is 2.76. The summed E-state index contributed by atoms with van der Waals surface area (Å²) in [5, 5.41) is 23.0. The Morgan fingerprint density at radius 1 is 1.13 bits per heavy atom. The van der Waals surface area contributed by atoms with Crippen LogP contribution in [0.4, 0.5) is 0 Å². The molecular formula is C18H27NO3S. The lowest BCUT2D eigenvalue weighted by atomic mass is 9.78. The van der Waals surface area contributed by atoms with Crippen molar-refractivity contribution in [2.75, 3.05) is 5.75 Å². The number of phenols is 1. The van der Waals surface area contributed by atoms with Crippen molar-refractivity contribution >= 4 is 17.7 Å². The summed E-state index contributed by atoms with van der Waals surface area (Å²) in [7, 11) is 0. The Hall–Kier alpha value is -1.20. The number of aromatic hydroxyl groups is 1. The fraction of sp³-hybridized carbons (Fsp3) is 0.611. The lowest BCUT2D eigenvalue weighted by Crippen LogP contribution is -2.33. The van der Waals surface area contributed by atoms with Crippen LogP contribution in [0.5, 0.6) is 5.75 Å². The molecule has 1 aliphatic heterocycles. The average Bonchev–Trinajstić information content (AvgIpc) is 2.85. The highest BCUT2D eigenvalue weighted by atomic mass is 32.2. The van der Waals surface area contributed by atoms with E-state index < -0.39 is 12.0 Å². The molecule has 128 valence electrons. The summed E-state index contributed by atoms with van der Waals surface area (Å²) in [6, 6.07) is 3.51. The van der Waals surface area contributed by atoms with Crippen LogP contribution in [0.15, 0.2) is 12.1 Å². The van der Waals surface area contributed by atoms with Crippen molar-refractivity contribution in [2.45, 2.75) is 63.8 Å². The minimum absolute atomic E-state index is 0.0566. The Bertz CT molecular complexity index is 579. The zero-order valence-corrected chi connectivity index (χ0v) is 15.5. The maximum atomic E-state index is 11.2. The molecule has 1 fully saturated rings. The molecule has 0 spiro atoms. The van der Waals surface area contributed by atoms with Crippen molar-refractivity contribution < 1.29 is 15.0 Å². The largest absolute Gasteiger partial charge is 0.507 e. The van der Waals surface area contributed by atoms with Crippen molar-refractivity contribution in [1.82, 2.24) is 5.32 Å². The number of nitrogens with one attached hydrogen (secondary N) is 1. The highest BCUT2D eigenvalue weighted by Gasteiger charge is 2.33. The van der Waals surface area contributed by atoms with E-state index in [1.807, 2.05) is 12.1 Å². The molecule has 0 amide bonds. The van der Waals surface area contributed by atoms with E-state index in [0.29, 0.717) is 11.5 Å². The molecule has 2 atom stereocenters. The lowest BCUT2D eigenvalue weighted by Gasteiger charge is -2.29. The topological polar surface area (TPSA) is 69.6 Å². The van der Waals surface area contributed by atoms with E-state index in [4.69, 9.17) is 0 Å². The predicted molar refractivity (Wildman–Crippen MR) is 95.3 cm³/mol. The molecule has 0 saturated carbocycles. The first-order valence-electron chi connectivity index (χ1n) is 7.89. The SMILES string of the molecule is CC(C)(C)c1cc([C@@H]2N[C@@H](C(=O)O)CS2)cc(C(C)(C)C)c1O. The van der Waals surface area contributed by atoms with E-state index >= 15 is 0 Å². The number of aliphatic carboxylic acids is 1. The quantitative estimate of drug-likeness (QED) is 0.766. The van der Waals surface area contributed by atoms with Gasteiger partial charge in [0.1, 0.15) is 11.8 Å². The molecule has 2 rings (SSSR count). The van der Waals surface area contributed by atoms with Crippen LogP contribution in [0, 0.1) is 0 Å². The summed E-state index contributed by atoms with van der Waals surface area (Å²) in [4.78, 5) is 11.2. The minimum Gasteiger partial charge on any atom is -0.507 e. The van der Waals surface area contributed by atoms with Crippen molar-refractivity contribution in [2.24, 2.45) is 0 Å². The predicted octanol–water partition coefficient (Wildman–Crippen LogP) is 3.78. The van der Waals surface area contributed by atoms with Crippen LogP contribution >= 0.6 is 11.8 Å². The number of benzene rings is 1. The molecule has 0 bridgehead atoms. The van der Waals surface area contributed by atoms with Gasteiger partial charge < -0.3 is 10.2 Å². The molecular weight excluding hydrogens is 310 g/mol. The summed E-state index contributed by atoms with van der Waals surface area (Å²) in [6.07, 6.45) is 0. The van der Waals surface area contributed by atoms with Crippen LogP contribution in [-0.2, 0) is 15.6 Å². The van der Waals surface area contributed by atoms with E-state index in [0.717, 1.165) is 16.7 Å². The zero-order valence-electron chi connectivity index (χ0n) is 14.7. The van der Waals surface area contributed by atoms with Gasteiger partial charge in [0.2, 0.25) is 0 Å². The highest BCUT2D eigenvalue weighted by molar-refractivity contribution is 7.99. The number of phenolic OH excluding ortho intramolecular Hbond substituents is 1. The van der Waals surface area contributed by atoms with Crippen LogP contribution in [0.2, 0.25) is 0 Å². The molecule has 23 heavy (non-hydrogen) atoms. The summed E-state index contributed by atoms with van der Waals surface area (Å²) in [5.41, 5.74) is 2.47. The van der Waals surface area contributed by atoms with Crippen molar-refractivity contribution in [3.8, 4) is 5.75 Å². The number of carboxylic acid groups (broad SMARTS) is 1. The number of hydrogen-bond acceptors (Lipinski definition) is 4. The molecule has 4 nitrogen and oxygen atoms in total. The van der Waals surface area contributed by atoms with Gasteiger partial charge in [-0.05, 0) is 39.7 Å². The molecule has 1 saturated heterocycles. The third-order valence-corrected chi connectivity index (χ3v) is 5.40. The highest BCUT2D eigenvalue weighted by Crippen LogP contribution is 2.43. The molecule has 1 aromatic carbocycles. The summed E-state index contributed by atoms with van der Waals surface area (Å²) >= 11 is 1.60. The second-order valence-electron chi connectivity index (χ2n) is 8.24. The molecule has 0 aliphatic carbocycles. The minimum atomic E-state index is -0.814. The van der Waals surface area contributed by atoms with Gasteiger partial charge in [0.15, 0.2) is 0 Å². The Morgan fingerprint density at radius 3 is 1.96 bits per heavy atom. The first-order valence-corrected chi connectivity index (χ1v) is 8.94. The van der Waals surface area contributed by atoms with Gasteiger partial charge >= 0.3 is 5.97 Å². The van der Waals surface area contributed by atoms with Gasteiger partial charge in [-0.2, -0.15) is 0 Å². The fourth-order valence-corrected chi connectivity index (χ4v) is 3.97. The second kappa shape index (κ2) is 6.02. The number of thioether (sulfide) groups is 1. The monoisotopic (exact) mass is 337 g/mol. The zero-order chi connectivity index (χ0) is 17.6. The van der Waals surface area contributed by atoms with E-state index in [1.54, 1.807) is 11.8 Å². The first-order chi connectivity index (χ1) is 10.4. The van der Waals surface area contributed by atoms with Gasteiger partial charge in [-0.25, -0.2) is 0 Å². The van der Waals surface area contributed by atoms with Crippen molar-refractivity contribution in [1.29, 1.82) is 0 Å². The summed E-state index contributed by atoms with van der Waals surface area (Å²) < 4.78 is 0. The standard InChI is InChI=1S/C18H27NO3S/c1-17(2,3)11-7-10(8-12(14(11)20)18(4,5)6)15-19-13(9-23-15)16(21)22/h7-8,13,15,19-20H,9H2,1-6H3,(H,21,22)/t13-,15-/m1/s1. The number of rotatable bonds is 2. The number of hydrogen-bond donors (Lipinski definition) is 3. The molecule has 1 aliphatic rings. The molecule has 5 heteroatoms. The first kappa shape index (κ1) is 18.1. The maximum Gasteiger partial charge on any atom is 0.321 e. The van der Waals surface area contributed by atoms with Crippen molar-refractivity contribution in [3.63, 3.8) is 0 Å². The number of carboxylic acids is 1. The van der Waals surface area contributed by atoms with Crippen LogP contribution in [0.3, 0.4) is 0 Å². The van der Waals surface area contributed by atoms with E-state index in [-0.39, 0.29) is 16.2 Å². The van der Waals surface area contributed by atoms with Crippen LogP contribution in [0.1, 0.15) is 63.6 Å². The third-order valence-electron chi connectivity index (χ3n) is 4.13. The van der Waals surface area contributed by atoms with E-state index in [2.05, 4.69) is 46.9 Å². The van der Waals surface area contributed by atoms with Gasteiger partial charge in [-0.15, -0.1) is 11.8 Å². The van der Waals surface area contributed by atoms with Crippen LogP contribution in [-0.4, -0.2) is 28.0 Å². The van der Waals surface area contributed by atoms with Crippen molar-refractivity contribution in [3.05, 3.63) is 28.8 Å². The summed E-state index contributed by atoms with van der Waals surface area (Å²) in [5.74, 6) is 0.0914. The van der Waals surface area contributed by atoms with Crippen LogP contribution in [0.25, 0.3) is 0 Å². The van der Waals surface area contributed by atoms with E-state index in [1.165, 1.54) is 0 Å². The number of carbonyl (C=O) groups is 1. The molecule has 0 radical (unpaired) electrons.